The van der Waals surface area contributed by atoms with Gasteiger partial charge >= 0.3 is 0 Å². The monoisotopic (exact) mass is 245 g/mol. The lowest BCUT2D eigenvalue weighted by Gasteiger charge is -2.24. The normalized spacial score (nSPS) is 31.1. The van der Waals surface area contributed by atoms with Crippen LogP contribution in [-0.4, -0.2) is 30.5 Å². The molecule has 3 rings (SSSR count). The molecule has 0 radical (unpaired) electrons. The summed E-state index contributed by atoms with van der Waals surface area (Å²) in [5, 5.41) is 2.98. The minimum atomic E-state index is -0.189. The minimum absolute atomic E-state index is 0.189. The van der Waals surface area contributed by atoms with E-state index in [9.17, 15) is 4.79 Å². The van der Waals surface area contributed by atoms with E-state index in [1.165, 1.54) is 0 Å². The Morgan fingerprint density at radius 3 is 3.00 bits per heavy atom. The molecule has 18 heavy (non-hydrogen) atoms. The molecule has 1 amide bonds. The van der Waals surface area contributed by atoms with Gasteiger partial charge in [-0.3, -0.25) is 4.79 Å². The standard InChI is InChI=1S/C14H19N3O/c1-10-8-17(12-5-3-4-11(2)16-12)9-14(10)6-7-15-13(14)18/h3-5,10H,6-9H2,1-2H3,(H,15,18)/t10-,14-/m1/s1. The van der Waals surface area contributed by atoms with E-state index < -0.39 is 0 Å². The maximum absolute atomic E-state index is 12.1. The summed E-state index contributed by atoms with van der Waals surface area (Å²) in [6.07, 6.45) is 0.954. The molecule has 4 nitrogen and oxygen atoms in total. The summed E-state index contributed by atoms with van der Waals surface area (Å²) >= 11 is 0. The second kappa shape index (κ2) is 3.97. The van der Waals surface area contributed by atoms with Gasteiger partial charge in [-0.2, -0.15) is 0 Å². The highest BCUT2D eigenvalue weighted by atomic mass is 16.2. The van der Waals surface area contributed by atoms with E-state index >= 15 is 0 Å². The fourth-order valence-electron chi connectivity index (χ4n) is 3.26. The molecule has 2 atom stereocenters. The van der Waals surface area contributed by atoms with Crippen LogP contribution in [0.2, 0.25) is 0 Å². The van der Waals surface area contributed by atoms with Crippen molar-refractivity contribution in [3.63, 3.8) is 0 Å². The molecule has 1 N–H and O–H groups in total. The maximum atomic E-state index is 12.1. The Bertz CT molecular complexity index is 488. The minimum Gasteiger partial charge on any atom is -0.356 e. The fraction of sp³-hybridized carbons (Fsp3) is 0.571. The number of carbonyl (C=O) groups is 1. The molecule has 1 spiro atoms. The van der Waals surface area contributed by atoms with Crippen LogP contribution in [0.3, 0.4) is 0 Å². The molecular weight excluding hydrogens is 226 g/mol. The van der Waals surface area contributed by atoms with Gasteiger partial charge in [0.1, 0.15) is 5.82 Å². The number of nitrogens with zero attached hydrogens (tertiary/aromatic N) is 2. The zero-order chi connectivity index (χ0) is 12.8. The number of anilines is 1. The number of aromatic nitrogens is 1. The summed E-state index contributed by atoms with van der Waals surface area (Å²) < 4.78 is 0. The molecule has 2 fully saturated rings. The van der Waals surface area contributed by atoms with Gasteiger partial charge in [0, 0.05) is 25.3 Å². The summed E-state index contributed by atoms with van der Waals surface area (Å²) in [5.41, 5.74) is 0.836. The molecule has 0 saturated carbocycles. The van der Waals surface area contributed by atoms with Crippen molar-refractivity contribution >= 4 is 11.7 Å². The van der Waals surface area contributed by atoms with Crippen LogP contribution in [0.25, 0.3) is 0 Å². The van der Waals surface area contributed by atoms with Crippen molar-refractivity contribution in [2.24, 2.45) is 11.3 Å². The van der Waals surface area contributed by atoms with Crippen LogP contribution >= 0.6 is 0 Å². The van der Waals surface area contributed by atoms with E-state index in [2.05, 4.69) is 22.1 Å². The number of hydrogen-bond acceptors (Lipinski definition) is 3. The molecule has 4 heteroatoms. The zero-order valence-corrected chi connectivity index (χ0v) is 10.9. The van der Waals surface area contributed by atoms with Gasteiger partial charge in [0.05, 0.1) is 5.41 Å². The third kappa shape index (κ3) is 1.59. The number of aryl methyl sites for hydroxylation is 1. The third-order valence-corrected chi connectivity index (χ3v) is 4.42. The van der Waals surface area contributed by atoms with Crippen LogP contribution in [0, 0.1) is 18.3 Å². The molecule has 96 valence electrons. The van der Waals surface area contributed by atoms with Crippen molar-refractivity contribution in [3.8, 4) is 0 Å². The van der Waals surface area contributed by atoms with E-state index in [0.29, 0.717) is 5.92 Å². The van der Waals surface area contributed by atoms with Crippen LogP contribution in [0.15, 0.2) is 18.2 Å². The highest BCUT2D eigenvalue weighted by Gasteiger charge is 2.52. The molecule has 2 saturated heterocycles. The first-order valence-electron chi connectivity index (χ1n) is 6.59. The number of hydrogen-bond donors (Lipinski definition) is 1. The summed E-state index contributed by atoms with van der Waals surface area (Å²) in [4.78, 5) is 18.9. The molecule has 2 aliphatic rings. The number of nitrogens with one attached hydrogen (secondary N) is 1. The molecule has 3 heterocycles. The van der Waals surface area contributed by atoms with Crippen LogP contribution in [-0.2, 0) is 4.79 Å². The second-order valence-electron chi connectivity index (χ2n) is 5.58. The molecule has 0 bridgehead atoms. The Hall–Kier alpha value is -1.58. The molecule has 1 aromatic heterocycles. The van der Waals surface area contributed by atoms with Gasteiger partial charge in [-0.05, 0) is 31.4 Å². The van der Waals surface area contributed by atoms with Crippen LogP contribution in [0.1, 0.15) is 19.0 Å². The predicted octanol–water partition coefficient (Wildman–Crippen LogP) is 1.35. The molecular formula is C14H19N3O. The van der Waals surface area contributed by atoms with E-state index in [1.807, 2.05) is 25.1 Å². The first-order chi connectivity index (χ1) is 8.62. The van der Waals surface area contributed by atoms with Gasteiger partial charge in [-0.15, -0.1) is 0 Å². The number of carbonyl (C=O) groups excluding carboxylic acids is 1. The highest BCUT2D eigenvalue weighted by Crippen LogP contribution is 2.42. The number of pyridine rings is 1. The van der Waals surface area contributed by atoms with Gasteiger partial charge in [0.2, 0.25) is 5.91 Å². The van der Waals surface area contributed by atoms with Crippen molar-refractivity contribution in [3.05, 3.63) is 23.9 Å². The van der Waals surface area contributed by atoms with Gasteiger partial charge in [-0.25, -0.2) is 4.98 Å². The summed E-state index contributed by atoms with van der Waals surface area (Å²) in [6.45, 7) is 6.72. The van der Waals surface area contributed by atoms with E-state index in [0.717, 1.165) is 37.6 Å². The SMILES string of the molecule is Cc1cccc(N2C[C@@H](C)[C@@]3(CCNC3=O)C2)n1. The smallest absolute Gasteiger partial charge is 0.228 e. The van der Waals surface area contributed by atoms with Crippen molar-refractivity contribution < 1.29 is 4.79 Å². The third-order valence-electron chi connectivity index (χ3n) is 4.42. The Morgan fingerprint density at radius 1 is 1.50 bits per heavy atom. The number of amides is 1. The first kappa shape index (κ1) is 11.5. The topological polar surface area (TPSA) is 45.2 Å². The van der Waals surface area contributed by atoms with E-state index in [-0.39, 0.29) is 11.3 Å². The summed E-state index contributed by atoms with van der Waals surface area (Å²) in [5.74, 6) is 1.62. The maximum Gasteiger partial charge on any atom is 0.228 e. The molecule has 2 aliphatic heterocycles. The van der Waals surface area contributed by atoms with Crippen molar-refractivity contribution in [2.45, 2.75) is 20.3 Å². The lowest BCUT2D eigenvalue weighted by atomic mass is 9.78. The lowest BCUT2D eigenvalue weighted by molar-refractivity contribution is -0.128. The van der Waals surface area contributed by atoms with Gasteiger partial charge in [-0.1, -0.05) is 13.0 Å². The summed E-state index contributed by atoms with van der Waals surface area (Å²) in [7, 11) is 0. The van der Waals surface area contributed by atoms with Gasteiger partial charge in [0.15, 0.2) is 0 Å². The lowest BCUT2D eigenvalue weighted by Crippen LogP contribution is -2.37. The fourth-order valence-corrected chi connectivity index (χ4v) is 3.26. The number of rotatable bonds is 1. The second-order valence-corrected chi connectivity index (χ2v) is 5.58. The van der Waals surface area contributed by atoms with Gasteiger partial charge < -0.3 is 10.2 Å². The van der Waals surface area contributed by atoms with Crippen molar-refractivity contribution in [1.29, 1.82) is 0 Å². The molecule has 0 aliphatic carbocycles. The predicted molar refractivity (Wildman–Crippen MR) is 70.4 cm³/mol. The average molecular weight is 245 g/mol. The molecule has 0 unspecified atom stereocenters. The Morgan fingerprint density at radius 2 is 2.33 bits per heavy atom. The van der Waals surface area contributed by atoms with E-state index in [1.54, 1.807) is 0 Å². The van der Waals surface area contributed by atoms with Crippen LogP contribution in [0.4, 0.5) is 5.82 Å². The Labute approximate surface area is 107 Å². The largest absolute Gasteiger partial charge is 0.356 e. The van der Waals surface area contributed by atoms with Crippen LogP contribution < -0.4 is 10.2 Å². The molecule has 1 aromatic rings. The zero-order valence-electron chi connectivity index (χ0n) is 10.9. The highest BCUT2D eigenvalue weighted by molar-refractivity contribution is 5.86. The van der Waals surface area contributed by atoms with Crippen LogP contribution in [0.5, 0.6) is 0 Å². The molecule has 0 aromatic carbocycles. The Balaban J connectivity index is 1.88. The Kier molecular flexibility index (Phi) is 2.54. The van der Waals surface area contributed by atoms with E-state index in [4.69, 9.17) is 0 Å². The summed E-state index contributed by atoms with van der Waals surface area (Å²) in [6, 6.07) is 6.06. The van der Waals surface area contributed by atoms with Crippen molar-refractivity contribution in [1.82, 2.24) is 10.3 Å². The quantitative estimate of drug-likeness (QED) is 0.812. The average Bonchev–Trinajstić information content (AvgIpc) is 2.86. The van der Waals surface area contributed by atoms with Gasteiger partial charge in [0.25, 0.3) is 0 Å². The van der Waals surface area contributed by atoms with Crippen molar-refractivity contribution in [2.75, 3.05) is 24.5 Å². The first-order valence-corrected chi connectivity index (χ1v) is 6.59.